The molecule has 3 rings (SSSR count). The summed E-state index contributed by atoms with van der Waals surface area (Å²) in [6.45, 7) is 0.775. The van der Waals surface area contributed by atoms with E-state index in [0.29, 0.717) is 11.8 Å². The molecule has 0 radical (unpaired) electrons. The summed E-state index contributed by atoms with van der Waals surface area (Å²) in [4.78, 5) is 48.2. The Labute approximate surface area is 166 Å². The lowest BCUT2D eigenvalue weighted by molar-refractivity contribution is -0.128. The number of ketones is 1. The minimum Gasteiger partial charge on any atom is -0.450 e. The Balaban J connectivity index is 1.61. The van der Waals surface area contributed by atoms with Crippen molar-refractivity contribution in [1.29, 1.82) is 0 Å². The summed E-state index contributed by atoms with van der Waals surface area (Å²) in [6, 6.07) is 16.0. The second-order valence-electron chi connectivity index (χ2n) is 6.47. The highest BCUT2D eigenvalue weighted by atomic mass is 16.5. The number of amides is 1. The van der Waals surface area contributed by atoms with E-state index in [-0.39, 0.29) is 22.6 Å². The zero-order valence-corrected chi connectivity index (χ0v) is 15.7. The van der Waals surface area contributed by atoms with E-state index < -0.39 is 24.5 Å². The summed E-state index contributed by atoms with van der Waals surface area (Å²) >= 11 is 0. The van der Waals surface area contributed by atoms with Crippen LogP contribution in [0, 0.1) is 0 Å². The zero-order chi connectivity index (χ0) is 20.8. The van der Waals surface area contributed by atoms with Gasteiger partial charge >= 0.3 is 5.97 Å². The summed E-state index contributed by atoms with van der Waals surface area (Å²) in [5.41, 5.74) is 0.751. The van der Waals surface area contributed by atoms with Crippen LogP contribution in [0.1, 0.15) is 23.0 Å². The van der Waals surface area contributed by atoms with E-state index in [1.807, 2.05) is 30.3 Å². The van der Waals surface area contributed by atoms with E-state index in [9.17, 15) is 19.2 Å². The van der Waals surface area contributed by atoms with Crippen LogP contribution in [-0.4, -0.2) is 30.3 Å². The molecule has 0 fully saturated rings. The second-order valence-corrected chi connectivity index (χ2v) is 6.47. The average molecular weight is 393 g/mol. The molecule has 1 heterocycles. The molecule has 1 amide bonds. The van der Waals surface area contributed by atoms with Crippen molar-refractivity contribution >= 4 is 28.6 Å². The number of benzene rings is 2. The van der Waals surface area contributed by atoms with Crippen molar-refractivity contribution in [2.24, 2.45) is 0 Å². The Morgan fingerprint density at radius 2 is 1.72 bits per heavy atom. The van der Waals surface area contributed by atoms with E-state index in [4.69, 9.17) is 9.15 Å². The number of nitrogens with one attached hydrogen (secondary N) is 1. The normalized spacial score (nSPS) is 11.6. The molecule has 7 heteroatoms. The molecule has 0 saturated carbocycles. The maximum absolute atomic E-state index is 12.2. The SMILES string of the molecule is CC(=O)[C@@H](Cc1ccccc1)NC(=O)COC(=O)c1cc(=O)c2ccccc2o1. The standard InChI is InChI=1S/C22H19NO6/c1-14(24)17(11-15-7-3-2-4-8-15)23-21(26)13-28-22(27)20-12-18(25)16-9-5-6-10-19(16)29-20/h2-10,12,17H,11,13H2,1H3,(H,23,26)/t17-/m1/s1. The third-order valence-electron chi connectivity index (χ3n) is 4.28. The van der Waals surface area contributed by atoms with Gasteiger partial charge in [-0.15, -0.1) is 0 Å². The highest BCUT2D eigenvalue weighted by Gasteiger charge is 2.20. The highest BCUT2D eigenvalue weighted by molar-refractivity contribution is 5.92. The van der Waals surface area contributed by atoms with Crippen LogP contribution in [0.4, 0.5) is 0 Å². The van der Waals surface area contributed by atoms with Gasteiger partial charge in [-0.25, -0.2) is 4.79 Å². The van der Waals surface area contributed by atoms with Crippen LogP contribution in [0.2, 0.25) is 0 Å². The van der Waals surface area contributed by atoms with Crippen LogP contribution in [0.3, 0.4) is 0 Å². The van der Waals surface area contributed by atoms with Gasteiger partial charge in [-0.1, -0.05) is 42.5 Å². The molecule has 148 valence electrons. The predicted octanol–water partition coefficient (Wildman–Crippen LogP) is 2.27. The lowest BCUT2D eigenvalue weighted by Gasteiger charge is -2.16. The number of hydrogen-bond acceptors (Lipinski definition) is 6. The Morgan fingerprint density at radius 3 is 2.45 bits per heavy atom. The van der Waals surface area contributed by atoms with Gasteiger partial charge < -0.3 is 14.5 Å². The average Bonchev–Trinajstić information content (AvgIpc) is 2.72. The van der Waals surface area contributed by atoms with Gasteiger partial charge in [-0.3, -0.25) is 14.4 Å². The number of esters is 1. The van der Waals surface area contributed by atoms with Crippen molar-refractivity contribution in [3.63, 3.8) is 0 Å². The lowest BCUT2D eigenvalue weighted by Crippen LogP contribution is -2.43. The fraction of sp³-hybridized carbons (Fsp3) is 0.182. The highest BCUT2D eigenvalue weighted by Crippen LogP contribution is 2.12. The number of carbonyl (C=O) groups is 3. The van der Waals surface area contributed by atoms with Crippen molar-refractivity contribution < 1.29 is 23.5 Å². The van der Waals surface area contributed by atoms with Crippen LogP contribution < -0.4 is 10.7 Å². The fourth-order valence-corrected chi connectivity index (χ4v) is 2.79. The molecular formula is C22H19NO6. The molecule has 0 unspecified atom stereocenters. The minimum atomic E-state index is -0.939. The monoisotopic (exact) mass is 393 g/mol. The van der Waals surface area contributed by atoms with E-state index in [2.05, 4.69) is 5.32 Å². The van der Waals surface area contributed by atoms with Crippen LogP contribution >= 0.6 is 0 Å². The molecule has 0 aliphatic heterocycles. The van der Waals surface area contributed by atoms with Crippen LogP contribution in [0.5, 0.6) is 0 Å². The summed E-state index contributed by atoms with van der Waals surface area (Å²) in [7, 11) is 0. The Hall–Kier alpha value is -3.74. The number of para-hydroxylation sites is 1. The first-order valence-electron chi connectivity index (χ1n) is 8.98. The second kappa shape index (κ2) is 8.97. The first kappa shape index (κ1) is 20.0. The molecule has 0 aliphatic carbocycles. The first-order chi connectivity index (χ1) is 13.9. The zero-order valence-electron chi connectivity index (χ0n) is 15.7. The van der Waals surface area contributed by atoms with Gasteiger partial charge in [0, 0.05) is 6.07 Å². The number of hydrogen-bond donors (Lipinski definition) is 1. The van der Waals surface area contributed by atoms with Gasteiger partial charge in [0.2, 0.25) is 5.76 Å². The number of fused-ring (bicyclic) bond motifs is 1. The van der Waals surface area contributed by atoms with Gasteiger partial charge in [0.1, 0.15) is 5.58 Å². The van der Waals surface area contributed by atoms with Gasteiger partial charge in [-0.2, -0.15) is 0 Å². The number of Topliss-reactive ketones (excluding diaryl/α,β-unsaturated/α-hetero) is 1. The van der Waals surface area contributed by atoms with Crippen LogP contribution in [0.15, 0.2) is 69.9 Å². The Morgan fingerprint density at radius 1 is 1.03 bits per heavy atom. The van der Waals surface area contributed by atoms with Gasteiger partial charge in [0.25, 0.3) is 5.91 Å². The third-order valence-corrected chi connectivity index (χ3v) is 4.28. The fourth-order valence-electron chi connectivity index (χ4n) is 2.79. The van der Waals surface area contributed by atoms with E-state index in [0.717, 1.165) is 11.6 Å². The summed E-state index contributed by atoms with van der Waals surface area (Å²) < 4.78 is 10.3. The molecule has 0 saturated heterocycles. The van der Waals surface area contributed by atoms with Crippen molar-refractivity contribution in [3.05, 3.63) is 82.2 Å². The minimum absolute atomic E-state index is 0.214. The van der Waals surface area contributed by atoms with Crippen molar-refractivity contribution in [1.82, 2.24) is 5.32 Å². The molecule has 3 aromatic rings. The van der Waals surface area contributed by atoms with E-state index in [1.54, 1.807) is 24.3 Å². The van der Waals surface area contributed by atoms with Crippen molar-refractivity contribution in [2.75, 3.05) is 6.61 Å². The van der Waals surface area contributed by atoms with Gasteiger partial charge in [-0.05, 0) is 31.0 Å². The topological polar surface area (TPSA) is 103 Å². The molecule has 1 atom stereocenters. The molecule has 7 nitrogen and oxygen atoms in total. The Kier molecular flexibility index (Phi) is 6.19. The molecule has 1 aromatic heterocycles. The molecule has 1 N–H and O–H groups in total. The summed E-state index contributed by atoms with van der Waals surface area (Å²) in [5, 5.41) is 2.89. The van der Waals surface area contributed by atoms with Crippen molar-refractivity contribution in [3.8, 4) is 0 Å². The number of rotatable bonds is 7. The quantitative estimate of drug-likeness (QED) is 0.618. The maximum atomic E-state index is 12.2. The lowest BCUT2D eigenvalue weighted by atomic mass is 10.0. The molecule has 0 bridgehead atoms. The van der Waals surface area contributed by atoms with E-state index in [1.165, 1.54) is 6.92 Å². The van der Waals surface area contributed by atoms with E-state index >= 15 is 0 Å². The Bertz CT molecular complexity index is 1100. The van der Waals surface area contributed by atoms with Crippen molar-refractivity contribution in [2.45, 2.75) is 19.4 Å². The molecule has 29 heavy (non-hydrogen) atoms. The predicted molar refractivity (Wildman–Crippen MR) is 106 cm³/mol. The first-order valence-corrected chi connectivity index (χ1v) is 8.98. The van der Waals surface area contributed by atoms with Gasteiger partial charge in [0.15, 0.2) is 17.8 Å². The molecule has 2 aromatic carbocycles. The smallest absolute Gasteiger partial charge is 0.374 e. The van der Waals surface area contributed by atoms with Crippen LogP contribution in [0.25, 0.3) is 11.0 Å². The number of ether oxygens (including phenoxy) is 1. The van der Waals surface area contributed by atoms with Crippen LogP contribution in [-0.2, 0) is 20.7 Å². The summed E-state index contributed by atoms with van der Waals surface area (Å²) in [6.07, 6.45) is 0.329. The molecule has 0 aliphatic rings. The largest absolute Gasteiger partial charge is 0.450 e. The maximum Gasteiger partial charge on any atom is 0.374 e. The summed E-state index contributed by atoms with van der Waals surface area (Å²) in [5.74, 6) is -2.08. The number of carbonyl (C=O) groups excluding carboxylic acids is 3. The third kappa shape index (κ3) is 5.16. The molecule has 0 spiro atoms. The van der Waals surface area contributed by atoms with Gasteiger partial charge in [0.05, 0.1) is 11.4 Å². The molecular weight excluding hydrogens is 374 g/mol.